The summed E-state index contributed by atoms with van der Waals surface area (Å²) in [7, 11) is 3.46. The fourth-order valence-electron chi connectivity index (χ4n) is 0.771. The van der Waals surface area contributed by atoms with Crippen LogP contribution in [0.3, 0.4) is 0 Å². The van der Waals surface area contributed by atoms with Gasteiger partial charge in [-0.3, -0.25) is 0 Å². The molecule has 0 N–H and O–H groups in total. The molecule has 0 amide bonds. The molecule has 0 unspecified atom stereocenters. The van der Waals surface area contributed by atoms with Crippen LogP contribution in [0.5, 0.6) is 0 Å². The summed E-state index contributed by atoms with van der Waals surface area (Å²) in [5, 5.41) is 0. The second-order valence-corrected chi connectivity index (χ2v) is 2.37. The Labute approximate surface area is 65.1 Å². The molecule has 1 aromatic carbocycles. The van der Waals surface area contributed by atoms with E-state index in [0.29, 0.717) is 5.56 Å². The number of benzene rings is 1. The van der Waals surface area contributed by atoms with E-state index in [1.807, 2.05) is 18.2 Å². The monoisotopic (exact) mass is 137 g/mol. The zero-order valence-corrected chi connectivity index (χ0v) is 6.33. The maximum atomic E-state index is 7.71. The average Bonchev–Trinajstić information content (AvgIpc) is 2.06. The van der Waals surface area contributed by atoms with Gasteiger partial charge in [-0.1, -0.05) is 30.3 Å². The Bertz CT molecular complexity index is 244. The summed E-state index contributed by atoms with van der Waals surface area (Å²) in [5.41, 5.74) is 0.690. The van der Waals surface area contributed by atoms with Crippen LogP contribution in [0.4, 0.5) is 0 Å². The number of hydrogen-bond donors (Lipinski definition) is 0. The highest BCUT2D eigenvalue weighted by Crippen LogP contribution is 1.99. The smallest absolute Gasteiger partial charge is 0.0481 e. The highest BCUT2D eigenvalue weighted by Gasteiger charge is 1.90. The Hall–Kier alpha value is -0.820. The van der Waals surface area contributed by atoms with Crippen molar-refractivity contribution in [2.75, 3.05) is 14.1 Å². The molecule has 0 saturated carbocycles. The van der Waals surface area contributed by atoms with Gasteiger partial charge in [0.1, 0.15) is 0 Å². The molecular weight excluding hydrogens is 122 g/mol. The Morgan fingerprint density at radius 3 is 2.40 bits per heavy atom. The lowest BCUT2D eigenvalue weighted by molar-refractivity contribution is 0.402. The maximum absolute atomic E-state index is 7.71. The fraction of sp³-hybridized carbons (Fsp3) is 0.333. The lowest BCUT2D eigenvalue weighted by Crippen LogP contribution is -2.10. The Kier molecular flexibility index (Phi) is 1.66. The van der Waals surface area contributed by atoms with E-state index in [1.54, 1.807) is 31.1 Å². The SMILES string of the molecule is [2H]C([2H])(c1ccccc1)N(C)C. The zero-order valence-electron chi connectivity index (χ0n) is 8.33. The first kappa shape index (κ1) is 4.91. The maximum Gasteiger partial charge on any atom is 0.0481 e. The molecule has 0 aliphatic carbocycles. The molecule has 0 bridgehead atoms. The van der Waals surface area contributed by atoms with E-state index < -0.39 is 6.50 Å². The quantitative estimate of drug-likeness (QED) is 0.600. The number of hydrogen-bond acceptors (Lipinski definition) is 1. The molecule has 0 atom stereocenters. The minimum absolute atomic E-state index is 0.690. The van der Waals surface area contributed by atoms with Crippen LogP contribution in [0, 0.1) is 0 Å². The highest BCUT2D eigenvalue weighted by molar-refractivity contribution is 5.14. The first-order chi connectivity index (χ1) is 5.55. The predicted octanol–water partition coefficient (Wildman–Crippen LogP) is 1.75. The van der Waals surface area contributed by atoms with Crippen molar-refractivity contribution in [3.8, 4) is 0 Å². The summed E-state index contributed by atoms with van der Waals surface area (Å²) in [4.78, 5) is 1.56. The van der Waals surface area contributed by atoms with E-state index in [4.69, 9.17) is 2.74 Å². The molecule has 0 aliphatic heterocycles. The number of rotatable bonds is 2. The average molecular weight is 137 g/mol. The molecule has 0 radical (unpaired) electrons. The number of nitrogens with zero attached hydrogens (tertiary/aromatic N) is 1. The second-order valence-electron chi connectivity index (χ2n) is 2.37. The van der Waals surface area contributed by atoms with Crippen molar-refractivity contribution in [3.05, 3.63) is 35.9 Å². The van der Waals surface area contributed by atoms with E-state index in [9.17, 15) is 0 Å². The minimum atomic E-state index is -1.37. The topological polar surface area (TPSA) is 3.24 Å². The summed E-state index contributed by atoms with van der Waals surface area (Å²) < 4.78 is 15.4. The van der Waals surface area contributed by atoms with Gasteiger partial charge in [0, 0.05) is 9.24 Å². The van der Waals surface area contributed by atoms with Gasteiger partial charge in [0.2, 0.25) is 0 Å². The molecule has 54 valence electrons. The molecule has 0 heterocycles. The molecule has 0 aromatic heterocycles. The van der Waals surface area contributed by atoms with Gasteiger partial charge < -0.3 is 4.90 Å². The standard InChI is InChI=1S/C9H13N/c1-10(2)8-9-6-4-3-5-7-9/h3-7H,8H2,1-2H3/i8D2. The summed E-state index contributed by atoms with van der Waals surface area (Å²) in [6.45, 7) is -1.37. The Morgan fingerprint density at radius 2 is 1.90 bits per heavy atom. The molecule has 0 spiro atoms. The molecule has 10 heavy (non-hydrogen) atoms. The van der Waals surface area contributed by atoms with E-state index in [2.05, 4.69) is 0 Å². The van der Waals surface area contributed by atoms with Crippen molar-refractivity contribution in [1.29, 1.82) is 0 Å². The summed E-state index contributed by atoms with van der Waals surface area (Å²) in [6.07, 6.45) is 0. The summed E-state index contributed by atoms with van der Waals surface area (Å²) in [6, 6.07) is 9.16. The van der Waals surface area contributed by atoms with Crippen LogP contribution in [0.1, 0.15) is 8.30 Å². The van der Waals surface area contributed by atoms with Gasteiger partial charge in [-0.25, -0.2) is 0 Å². The van der Waals surface area contributed by atoms with E-state index >= 15 is 0 Å². The molecule has 1 aromatic rings. The van der Waals surface area contributed by atoms with E-state index in [1.165, 1.54) is 0 Å². The molecule has 0 fully saturated rings. The van der Waals surface area contributed by atoms with Crippen LogP contribution in [-0.2, 0) is 6.50 Å². The van der Waals surface area contributed by atoms with Crippen LogP contribution in [0.15, 0.2) is 30.3 Å². The molecule has 0 saturated heterocycles. The van der Waals surface area contributed by atoms with Crippen molar-refractivity contribution in [2.24, 2.45) is 0 Å². The molecule has 1 nitrogen and oxygen atoms in total. The van der Waals surface area contributed by atoms with Gasteiger partial charge in [0.15, 0.2) is 0 Å². The summed E-state index contributed by atoms with van der Waals surface area (Å²) in [5.74, 6) is 0. The molecule has 1 heteroatoms. The highest BCUT2D eigenvalue weighted by atomic mass is 15.0. The van der Waals surface area contributed by atoms with Crippen molar-refractivity contribution in [1.82, 2.24) is 4.90 Å². The minimum Gasteiger partial charge on any atom is -0.305 e. The predicted molar refractivity (Wildman–Crippen MR) is 43.8 cm³/mol. The Morgan fingerprint density at radius 1 is 1.30 bits per heavy atom. The van der Waals surface area contributed by atoms with Crippen LogP contribution in [0.25, 0.3) is 0 Å². The first-order valence-corrected chi connectivity index (χ1v) is 3.28. The fourth-order valence-corrected chi connectivity index (χ4v) is 0.771. The third-order valence-electron chi connectivity index (χ3n) is 1.13. The van der Waals surface area contributed by atoms with Gasteiger partial charge in [0.05, 0.1) is 0 Å². The first-order valence-electron chi connectivity index (χ1n) is 4.28. The van der Waals surface area contributed by atoms with Crippen molar-refractivity contribution >= 4 is 0 Å². The second kappa shape index (κ2) is 3.37. The largest absolute Gasteiger partial charge is 0.305 e. The van der Waals surface area contributed by atoms with Crippen molar-refractivity contribution in [3.63, 3.8) is 0 Å². The lowest BCUT2D eigenvalue weighted by atomic mass is 10.2. The van der Waals surface area contributed by atoms with Crippen LogP contribution >= 0.6 is 0 Å². The van der Waals surface area contributed by atoms with Crippen molar-refractivity contribution in [2.45, 2.75) is 6.50 Å². The van der Waals surface area contributed by atoms with Crippen LogP contribution in [0.2, 0.25) is 0 Å². The zero-order chi connectivity index (χ0) is 9.19. The molecule has 0 aliphatic rings. The van der Waals surface area contributed by atoms with E-state index in [0.717, 1.165) is 0 Å². The van der Waals surface area contributed by atoms with E-state index in [-0.39, 0.29) is 0 Å². The van der Waals surface area contributed by atoms with Gasteiger partial charge in [0.25, 0.3) is 0 Å². The summed E-state index contributed by atoms with van der Waals surface area (Å²) >= 11 is 0. The van der Waals surface area contributed by atoms with Crippen LogP contribution in [-0.4, -0.2) is 19.0 Å². The lowest BCUT2D eigenvalue weighted by Gasteiger charge is -2.08. The van der Waals surface area contributed by atoms with Crippen molar-refractivity contribution < 1.29 is 2.74 Å². The van der Waals surface area contributed by atoms with Gasteiger partial charge >= 0.3 is 0 Å². The molecule has 1 rings (SSSR count). The normalized spacial score (nSPS) is 14.7. The third kappa shape index (κ3) is 2.19. The Balaban J connectivity index is 2.98. The van der Waals surface area contributed by atoms with Gasteiger partial charge in [-0.05, 0) is 19.7 Å². The van der Waals surface area contributed by atoms with Gasteiger partial charge in [-0.2, -0.15) is 0 Å². The van der Waals surface area contributed by atoms with Crippen LogP contribution < -0.4 is 0 Å². The van der Waals surface area contributed by atoms with Gasteiger partial charge in [-0.15, -0.1) is 0 Å². The molecular formula is C9H13N. The third-order valence-corrected chi connectivity index (χ3v) is 1.13.